The third-order valence-corrected chi connectivity index (χ3v) is 7.13. The van der Waals surface area contributed by atoms with Gasteiger partial charge >= 0.3 is 15.6 Å². The van der Waals surface area contributed by atoms with Gasteiger partial charge in [-0.1, -0.05) is 12.1 Å². The molecule has 14 heteroatoms. The van der Waals surface area contributed by atoms with Gasteiger partial charge in [0, 0.05) is 24.8 Å². The van der Waals surface area contributed by atoms with Crippen molar-refractivity contribution in [2.24, 2.45) is 5.92 Å². The van der Waals surface area contributed by atoms with Crippen molar-refractivity contribution in [3.05, 3.63) is 42.1 Å². The number of halogens is 3. The topological polar surface area (TPSA) is 133 Å². The molecule has 2 aliphatic heterocycles. The number of nitrogens with zero attached hydrogens (tertiary/aromatic N) is 2. The molecule has 3 N–H and O–H groups in total. The average molecular weight is 545 g/mol. The fraction of sp³-hybridized carbons (Fsp3) is 0.478. The molecule has 1 aromatic carbocycles. The van der Waals surface area contributed by atoms with E-state index in [1.807, 2.05) is 0 Å². The zero-order valence-electron chi connectivity index (χ0n) is 19.7. The molecule has 0 aliphatic carbocycles. The smallest absolute Gasteiger partial charge is 0.486 e. The summed E-state index contributed by atoms with van der Waals surface area (Å²) in [6.07, 6.45) is 2.86. The molecule has 1 unspecified atom stereocenters. The number of ether oxygens (including phenoxy) is 2. The van der Waals surface area contributed by atoms with Crippen LogP contribution in [0.5, 0.6) is 17.2 Å². The molecule has 0 saturated carbocycles. The molecule has 1 amide bonds. The fourth-order valence-corrected chi connectivity index (χ4v) is 4.65. The van der Waals surface area contributed by atoms with E-state index in [4.69, 9.17) is 15.2 Å². The second kappa shape index (κ2) is 11.0. The zero-order valence-corrected chi connectivity index (χ0v) is 20.6. The van der Waals surface area contributed by atoms with Gasteiger partial charge in [-0.2, -0.15) is 21.6 Å². The molecular formula is C23H27F3N4O6S. The highest BCUT2D eigenvalue weighted by molar-refractivity contribution is 7.88. The summed E-state index contributed by atoms with van der Waals surface area (Å²) >= 11 is 0. The maximum absolute atomic E-state index is 12.8. The minimum atomic E-state index is -5.85. The minimum Gasteiger partial charge on any atom is -0.486 e. The van der Waals surface area contributed by atoms with Crippen LogP contribution in [0.15, 0.2) is 36.5 Å². The Morgan fingerprint density at radius 3 is 2.68 bits per heavy atom. The number of likely N-dealkylation sites (tertiary alicyclic amines) is 1. The molecule has 1 atom stereocenters. The maximum atomic E-state index is 12.8. The number of nitrogens with one attached hydrogen (secondary N) is 1. The van der Waals surface area contributed by atoms with Crippen LogP contribution in [-0.4, -0.2) is 68.6 Å². The van der Waals surface area contributed by atoms with Gasteiger partial charge in [0.25, 0.3) is 0 Å². The van der Waals surface area contributed by atoms with Crippen molar-refractivity contribution in [3.8, 4) is 17.2 Å². The lowest BCUT2D eigenvalue weighted by Gasteiger charge is -2.36. The van der Waals surface area contributed by atoms with Crippen LogP contribution < -0.4 is 24.7 Å². The van der Waals surface area contributed by atoms with E-state index in [0.29, 0.717) is 30.4 Å². The van der Waals surface area contributed by atoms with Gasteiger partial charge in [-0.15, -0.1) is 0 Å². The molecule has 1 fully saturated rings. The van der Waals surface area contributed by atoms with E-state index in [9.17, 15) is 26.4 Å². The third kappa shape index (κ3) is 6.74. The van der Waals surface area contributed by atoms with E-state index in [2.05, 4.69) is 19.4 Å². The lowest BCUT2D eigenvalue weighted by Crippen LogP contribution is -2.45. The van der Waals surface area contributed by atoms with Gasteiger partial charge < -0.3 is 24.7 Å². The number of carbonyl (C=O) groups is 1. The Labute approximate surface area is 212 Å². The summed E-state index contributed by atoms with van der Waals surface area (Å²) in [4.78, 5) is 18.4. The molecule has 0 radical (unpaired) electrons. The van der Waals surface area contributed by atoms with Crippen molar-refractivity contribution in [2.45, 2.75) is 30.9 Å². The standard InChI is InChI=1S/C23H27F3N4O6S/c24-23(25,26)37(32,33)36-19-5-1-4-18-21(19)35-17(14-34-18)13-30-9-6-15(7-10-30)12-29-20(31)11-16-3-2-8-28-22(16)27/h1-5,8,15,17H,6-7,9-14H2,(H2,27,28)(H,29,31). The number of nitrogens with two attached hydrogens (primary N) is 1. The first-order valence-corrected chi connectivity index (χ1v) is 13.0. The molecule has 1 saturated heterocycles. The van der Waals surface area contributed by atoms with Gasteiger partial charge in [0.15, 0.2) is 11.5 Å². The van der Waals surface area contributed by atoms with Crippen molar-refractivity contribution in [1.29, 1.82) is 0 Å². The van der Waals surface area contributed by atoms with Gasteiger partial charge in [-0.3, -0.25) is 9.69 Å². The summed E-state index contributed by atoms with van der Waals surface area (Å²) in [5.41, 5.74) is 0.892. The van der Waals surface area contributed by atoms with Gasteiger partial charge in [-0.25, -0.2) is 4.98 Å². The quantitative estimate of drug-likeness (QED) is 0.379. The number of carbonyl (C=O) groups excluding carboxylic acids is 1. The van der Waals surface area contributed by atoms with E-state index < -0.39 is 27.5 Å². The number of hydrogen-bond donors (Lipinski definition) is 2. The molecule has 202 valence electrons. The lowest BCUT2D eigenvalue weighted by atomic mass is 9.96. The summed E-state index contributed by atoms with van der Waals surface area (Å²) < 4.78 is 76.9. The van der Waals surface area contributed by atoms with Crippen LogP contribution in [0.3, 0.4) is 0 Å². The number of nitrogen functional groups attached to an aromatic ring is 1. The number of hydrogen-bond acceptors (Lipinski definition) is 9. The second-order valence-corrected chi connectivity index (χ2v) is 10.4. The Morgan fingerprint density at radius 2 is 1.97 bits per heavy atom. The summed E-state index contributed by atoms with van der Waals surface area (Å²) in [6, 6.07) is 7.35. The van der Waals surface area contributed by atoms with E-state index in [1.54, 1.807) is 18.3 Å². The first-order chi connectivity index (χ1) is 17.5. The van der Waals surface area contributed by atoms with Crippen molar-refractivity contribution in [2.75, 3.05) is 38.5 Å². The number of benzene rings is 1. The van der Waals surface area contributed by atoms with Crippen LogP contribution in [0.1, 0.15) is 18.4 Å². The Bertz CT molecular complexity index is 1220. The van der Waals surface area contributed by atoms with E-state index >= 15 is 0 Å². The van der Waals surface area contributed by atoms with Crippen molar-refractivity contribution < 1.29 is 40.0 Å². The number of piperidine rings is 1. The van der Waals surface area contributed by atoms with Crippen LogP contribution in [0.4, 0.5) is 19.0 Å². The maximum Gasteiger partial charge on any atom is 0.534 e. The van der Waals surface area contributed by atoms with Crippen LogP contribution in [0.2, 0.25) is 0 Å². The highest BCUT2D eigenvalue weighted by Gasteiger charge is 2.49. The van der Waals surface area contributed by atoms with Crippen LogP contribution in [-0.2, 0) is 21.3 Å². The molecule has 10 nitrogen and oxygen atoms in total. The monoisotopic (exact) mass is 544 g/mol. The Hall–Kier alpha value is -3.26. The summed E-state index contributed by atoms with van der Waals surface area (Å²) in [6.45, 7) is 2.57. The lowest BCUT2D eigenvalue weighted by molar-refractivity contribution is -0.120. The molecule has 2 aromatic rings. The number of aromatic nitrogens is 1. The molecule has 3 heterocycles. The van der Waals surface area contributed by atoms with Crippen LogP contribution in [0, 0.1) is 5.92 Å². The van der Waals surface area contributed by atoms with Crippen molar-refractivity contribution in [1.82, 2.24) is 15.2 Å². The molecule has 4 rings (SSSR count). The molecule has 37 heavy (non-hydrogen) atoms. The first-order valence-electron chi connectivity index (χ1n) is 11.6. The van der Waals surface area contributed by atoms with E-state index in [-0.39, 0.29) is 30.4 Å². The van der Waals surface area contributed by atoms with Gasteiger partial charge in [0.1, 0.15) is 18.5 Å². The van der Waals surface area contributed by atoms with Crippen LogP contribution >= 0.6 is 0 Å². The predicted molar refractivity (Wildman–Crippen MR) is 126 cm³/mol. The number of para-hydroxylation sites is 1. The fourth-order valence-electron chi connectivity index (χ4n) is 4.19. The number of alkyl halides is 3. The molecule has 1 aromatic heterocycles. The first kappa shape index (κ1) is 26.8. The number of rotatable bonds is 8. The highest BCUT2D eigenvalue weighted by atomic mass is 32.2. The van der Waals surface area contributed by atoms with E-state index in [1.165, 1.54) is 12.1 Å². The summed E-state index contributed by atoms with van der Waals surface area (Å²) in [5, 5.41) is 2.94. The van der Waals surface area contributed by atoms with E-state index in [0.717, 1.165) is 32.0 Å². The number of anilines is 1. The second-order valence-electron chi connectivity index (χ2n) is 8.89. The number of amides is 1. The molecule has 0 bridgehead atoms. The zero-order chi connectivity index (χ0) is 26.6. The normalized spacial score (nSPS) is 18.8. The van der Waals surface area contributed by atoms with Crippen LogP contribution in [0.25, 0.3) is 0 Å². The Balaban J connectivity index is 1.25. The third-order valence-electron chi connectivity index (χ3n) is 6.17. The Kier molecular flexibility index (Phi) is 7.97. The predicted octanol–water partition coefficient (Wildman–Crippen LogP) is 2.10. The minimum absolute atomic E-state index is 0.105. The number of pyridine rings is 1. The van der Waals surface area contributed by atoms with Crippen molar-refractivity contribution >= 4 is 21.8 Å². The SMILES string of the molecule is Nc1ncccc1CC(=O)NCC1CCN(CC2COc3cccc(OS(=O)(=O)C(F)(F)F)c3O2)CC1. The highest BCUT2D eigenvalue weighted by Crippen LogP contribution is 2.42. The largest absolute Gasteiger partial charge is 0.534 e. The molecular weight excluding hydrogens is 517 g/mol. The number of fused-ring (bicyclic) bond motifs is 1. The summed E-state index contributed by atoms with van der Waals surface area (Å²) in [5.74, 6) is -0.153. The van der Waals surface area contributed by atoms with Gasteiger partial charge in [-0.05, 0) is 50.0 Å². The summed E-state index contributed by atoms with van der Waals surface area (Å²) in [7, 11) is -5.85. The van der Waals surface area contributed by atoms with Crippen molar-refractivity contribution in [3.63, 3.8) is 0 Å². The van der Waals surface area contributed by atoms with Gasteiger partial charge in [0.05, 0.1) is 6.42 Å². The Morgan fingerprint density at radius 1 is 1.22 bits per heavy atom. The average Bonchev–Trinajstić information content (AvgIpc) is 2.84. The molecule has 2 aliphatic rings. The van der Waals surface area contributed by atoms with Gasteiger partial charge in [0.2, 0.25) is 11.7 Å². The molecule has 0 spiro atoms.